The summed E-state index contributed by atoms with van der Waals surface area (Å²) >= 11 is 1.76. The number of nitrogens with two attached hydrogens (primary N) is 1. The van der Waals surface area contributed by atoms with E-state index in [4.69, 9.17) is 10.7 Å². The summed E-state index contributed by atoms with van der Waals surface area (Å²) in [5, 5.41) is 1.10. The average molecular weight is 246 g/mol. The van der Waals surface area contributed by atoms with E-state index >= 15 is 0 Å². The van der Waals surface area contributed by atoms with E-state index in [0.29, 0.717) is 12.5 Å². The Bertz CT molecular complexity index is 515. The first kappa shape index (κ1) is 12.3. The zero-order chi connectivity index (χ0) is 12.4. The van der Waals surface area contributed by atoms with Gasteiger partial charge in [0.2, 0.25) is 0 Å². The number of rotatable bonds is 3. The summed E-state index contributed by atoms with van der Waals surface area (Å²) in [6.45, 7) is 7.09. The molecule has 0 atom stereocenters. The fourth-order valence-electron chi connectivity index (χ4n) is 1.90. The average Bonchev–Trinajstić information content (AvgIpc) is 2.71. The maximum atomic E-state index is 5.66. The van der Waals surface area contributed by atoms with Crippen molar-refractivity contribution >= 4 is 11.3 Å². The molecule has 0 unspecified atom stereocenters. The first-order valence-corrected chi connectivity index (χ1v) is 6.70. The molecule has 0 spiro atoms. The fourth-order valence-corrected chi connectivity index (χ4v) is 2.96. The van der Waals surface area contributed by atoms with Crippen LogP contribution in [0.15, 0.2) is 24.3 Å². The molecule has 0 bridgehead atoms. The van der Waals surface area contributed by atoms with Crippen molar-refractivity contribution in [2.24, 2.45) is 5.73 Å². The topological polar surface area (TPSA) is 38.9 Å². The molecule has 3 heteroatoms. The van der Waals surface area contributed by atoms with E-state index < -0.39 is 0 Å². The third kappa shape index (κ3) is 2.56. The van der Waals surface area contributed by atoms with E-state index in [1.54, 1.807) is 11.3 Å². The van der Waals surface area contributed by atoms with Gasteiger partial charge in [-0.2, -0.15) is 0 Å². The van der Waals surface area contributed by atoms with Crippen molar-refractivity contribution < 1.29 is 0 Å². The quantitative estimate of drug-likeness (QED) is 0.896. The zero-order valence-electron chi connectivity index (χ0n) is 10.5. The SMILES string of the molecule is Cc1sc(-c2cccc(CN)c2)nc1C(C)C. The highest BCUT2D eigenvalue weighted by molar-refractivity contribution is 7.15. The predicted molar refractivity (Wildman–Crippen MR) is 74.3 cm³/mol. The molecule has 0 saturated heterocycles. The van der Waals surface area contributed by atoms with Gasteiger partial charge in [-0.1, -0.05) is 32.0 Å². The molecule has 2 N–H and O–H groups in total. The summed E-state index contributed by atoms with van der Waals surface area (Å²) in [5.41, 5.74) is 9.20. The standard InChI is InChI=1S/C14H18N2S/c1-9(2)13-10(3)17-14(16-13)12-6-4-5-11(7-12)8-15/h4-7,9H,8,15H2,1-3H3. The monoisotopic (exact) mass is 246 g/mol. The van der Waals surface area contributed by atoms with Crippen LogP contribution in [0.5, 0.6) is 0 Å². The number of nitrogens with zero attached hydrogens (tertiary/aromatic N) is 1. The van der Waals surface area contributed by atoms with E-state index in [-0.39, 0.29) is 0 Å². The lowest BCUT2D eigenvalue weighted by molar-refractivity contribution is 0.826. The highest BCUT2D eigenvalue weighted by atomic mass is 32.1. The van der Waals surface area contributed by atoms with Gasteiger partial charge in [0.25, 0.3) is 0 Å². The Labute approximate surface area is 107 Å². The maximum Gasteiger partial charge on any atom is 0.123 e. The van der Waals surface area contributed by atoms with Crippen LogP contribution in [-0.2, 0) is 6.54 Å². The number of aryl methyl sites for hydroxylation is 1. The first-order chi connectivity index (χ1) is 8.11. The number of thiazole rings is 1. The van der Waals surface area contributed by atoms with Crippen LogP contribution in [-0.4, -0.2) is 4.98 Å². The molecule has 0 amide bonds. The van der Waals surface area contributed by atoms with E-state index in [2.05, 4.69) is 32.9 Å². The molecule has 17 heavy (non-hydrogen) atoms. The van der Waals surface area contributed by atoms with Crippen molar-refractivity contribution in [2.45, 2.75) is 33.2 Å². The van der Waals surface area contributed by atoms with Crippen LogP contribution in [0.1, 0.15) is 35.9 Å². The Balaban J connectivity index is 2.42. The summed E-state index contributed by atoms with van der Waals surface area (Å²) in [6, 6.07) is 8.32. The zero-order valence-corrected chi connectivity index (χ0v) is 11.3. The highest BCUT2D eigenvalue weighted by Gasteiger charge is 2.12. The van der Waals surface area contributed by atoms with Crippen LogP contribution in [0.25, 0.3) is 10.6 Å². The lowest BCUT2D eigenvalue weighted by atomic mass is 10.1. The molecular formula is C14H18N2S. The third-order valence-electron chi connectivity index (χ3n) is 2.79. The Morgan fingerprint density at radius 1 is 1.35 bits per heavy atom. The largest absolute Gasteiger partial charge is 0.326 e. The number of hydrogen-bond donors (Lipinski definition) is 1. The Morgan fingerprint density at radius 3 is 2.71 bits per heavy atom. The lowest BCUT2D eigenvalue weighted by Crippen LogP contribution is -1.95. The molecule has 1 heterocycles. The molecule has 0 aliphatic carbocycles. The van der Waals surface area contributed by atoms with Gasteiger partial charge in [0, 0.05) is 17.0 Å². The lowest BCUT2D eigenvalue weighted by Gasteiger charge is -2.01. The Morgan fingerprint density at radius 2 is 2.12 bits per heavy atom. The smallest absolute Gasteiger partial charge is 0.123 e. The van der Waals surface area contributed by atoms with Crippen molar-refractivity contribution in [1.29, 1.82) is 0 Å². The molecule has 2 rings (SSSR count). The van der Waals surface area contributed by atoms with Crippen molar-refractivity contribution in [3.63, 3.8) is 0 Å². The van der Waals surface area contributed by atoms with E-state index in [1.807, 2.05) is 12.1 Å². The number of benzene rings is 1. The van der Waals surface area contributed by atoms with Gasteiger partial charge < -0.3 is 5.73 Å². The second kappa shape index (κ2) is 4.98. The van der Waals surface area contributed by atoms with Gasteiger partial charge in [-0.15, -0.1) is 11.3 Å². The molecule has 0 radical (unpaired) electrons. The van der Waals surface area contributed by atoms with Crippen molar-refractivity contribution in [1.82, 2.24) is 4.98 Å². The van der Waals surface area contributed by atoms with Gasteiger partial charge in [-0.25, -0.2) is 4.98 Å². The van der Waals surface area contributed by atoms with Crippen LogP contribution in [0.2, 0.25) is 0 Å². The summed E-state index contributed by atoms with van der Waals surface area (Å²) in [6.07, 6.45) is 0. The van der Waals surface area contributed by atoms with Crippen LogP contribution in [0, 0.1) is 6.92 Å². The van der Waals surface area contributed by atoms with Crippen molar-refractivity contribution in [3.8, 4) is 10.6 Å². The predicted octanol–water partition coefficient (Wildman–Crippen LogP) is 3.70. The normalized spacial score (nSPS) is 11.1. The second-order valence-electron chi connectivity index (χ2n) is 4.52. The van der Waals surface area contributed by atoms with Gasteiger partial charge in [-0.05, 0) is 24.5 Å². The molecule has 1 aromatic heterocycles. The van der Waals surface area contributed by atoms with Gasteiger partial charge >= 0.3 is 0 Å². The fraction of sp³-hybridized carbons (Fsp3) is 0.357. The van der Waals surface area contributed by atoms with Gasteiger partial charge in [0.15, 0.2) is 0 Å². The molecule has 0 aliphatic rings. The first-order valence-electron chi connectivity index (χ1n) is 5.88. The molecule has 0 fully saturated rings. The van der Waals surface area contributed by atoms with E-state index in [1.165, 1.54) is 16.1 Å². The van der Waals surface area contributed by atoms with Crippen molar-refractivity contribution in [3.05, 3.63) is 40.4 Å². The van der Waals surface area contributed by atoms with Crippen molar-refractivity contribution in [2.75, 3.05) is 0 Å². The van der Waals surface area contributed by atoms with Crippen LogP contribution < -0.4 is 5.73 Å². The molecule has 90 valence electrons. The number of hydrogen-bond acceptors (Lipinski definition) is 3. The van der Waals surface area contributed by atoms with Gasteiger partial charge in [0.05, 0.1) is 5.69 Å². The molecule has 0 saturated carbocycles. The molecule has 1 aromatic carbocycles. The summed E-state index contributed by atoms with van der Waals surface area (Å²) < 4.78 is 0. The minimum atomic E-state index is 0.484. The van der Waals surface area contributed by atoms with E-state index in [9.17, 15) is 0 Å². The minimum absolute atomic E-state index is 0.484. The summed E-state index contributed by atoms with van der Waals surface area (Å²) in [5.74, 6) is 0.484. The van der Waals surface area contributed by atoms with Crippen LogP contribution in [0.3, 0.4) is 0 Å². The van der Waals surface area contributed by atoms with Crippen LogP contribution >= 0.6 is 11.3 Å². The molecule has 0 aliphatic heterocycles. The van der Waals surface area contributed by atoms with Crippen LogP contribution in [0.4, 0.5) is 0 Å². The molecule has 2 aromatic rings. The highest BCUT2D eigenvalue weighted by Crippen LogP contribution is 2.31. The molecule has 2 nitrogen and oxygen atoms in total. The minimum Gasteiger partial charge on any atom is -0.326 e. The van der Waals surface area contributed by atoms with E-state index in [0.717, 1.165) is 10.6 Å². The Hall–Kier alpha value is -1.19. The summed E-state index contributed by atoms with van der Waals surface area (Å²) in [7, 11) is 0. The number of aromatic nitrogens is 1. The second-order valence-corrected chi connectivity index (χ2v) is 5.72. The molecular weight excluding hydrogens is 228 g/mol. The Kier molecular flexibility index (Phi) is 3.60. The van der Waals surface area contributed by atoms with Gasteiger partial charge in [0.1, 0.15) is 5.01 Å². The maximum absolute atomic E-state index is 5.66. The third-order valence-corrected chi connectivity index (χ3v) is 3.82. The summed E-state index contributed by atoms with van der Waals surface area (Å²) in [4.78, 5) is 6.05. The van der Waals surface area contributed by atoms with Gasteiger partial charge in [-0.3, -0.25) is 0 Å².